The molecule has 1 aromatic carbocycles. The second-order valence-corrected chi connectivity index (χ2v) is 6.30. The van der Waals surface area contributed by atoms with Crippen LogP contribution in [0.2, 0.25) is 5.02 Å². The third kappa shape index (κ3) is 3.11. The van der Waals surface area contributed by atoms with Gasteiger partial charge in [-0.2, -0.15) is 0 Å². The first kappa shape index (κ1) is 16.0. The van der Waals surface area contributed by atoms with Crippen LogP contribution in [0.25, 0.3) is 0 Å². The fourth-order valence-electron chi connectivity index (χ4n) is 3.26. The van der Waals surface area contributed by atoms with Gasteiger partial charge in [0.1, 0.15) is 11.6 Å². The molecule has 1 aromatic heterocycles. The predicted molar refractivity (Wildman–Crippen MR) is 84.8 cm³/mol. The van der Waals surface area contributed by atoms with Gasteiger partial charge in [-0.3, -0.25) is 4.79 Å². The molecule has 2 aromatic rings. The van der Waals surface area contributed by atoms with Crippen molar-refractivity contribution in [3.63, 3.8) is 0 Å². The molecular formula is C17H18ClFN2O2. The standard InChI is InChI=1S/C17H18ClFN2O2/c1-10-17(11(2)23-20-10)15-4-3-7-21(15)16(22)8-12-5-6-13(19)9-14(12)18/h5-6,9,15H,3-4,7-8H2,1-2H3/t15-/m1/s1. The molecule has 4 nitrogen and oxygen atoms in total. The molecular weight excluding hydrogens is 319 g/mol. The highest BCUT2D eigenvalue weighted by Crippen LogP contribution is 2.36. The highest BCUT2D eigenvalue weighted by Gasteiger charge is 2.33. The lowest BCUT2D eigenvalue weighted by molar-refractivity contribution is -0.131. The zero-order chi connectivity index (χ0) is 16.6. The number of halogens is 2. The van der Waals surface area contributed by atoms with E-state index in [1.165, 1.54) is 12.1 Å². The molecule has 1 amide bonds. The largest absolute Gasteiger partial charge is 0.361 e. The lowest BCUT2D eigenvalue weighted by atomic mass is 10.0. The van der Waals surface area contributed by atoms with Gasteiger partial charge in [-0.15, -0.1) is 0 Å². The number of amides is 1. The number of hydrogen-bond acceptors (Lipinski definition) is 3. The monoisotopic (exact) mass is 336 g/mol. The Kier molecular flexibility index (Phi) is 4.39. The molecule has 1 aliphatic rings. The summed E-state index contributed by atoms with van der Waals surface area (Å²) in [5.41, 5.74) is 2.47. The SMILES string of the molecule is Cc1noc(C)c1[C@H]1CCCN1C(=O)Cc1ccc(F)cc1Cl. The molecule has 122 valence electrons. The smallest absolute Gasteiger partial charge is 0.227 e. The number of hydrogen-bond donors (Lipinski definition) is 0. The van der Waals surface area contributed by atoms with Crippen LogP contribution in [0.3, 0.4) is 0 Å². The Morgan fingerprint density at radius 3 is 2.91 bits per heavy atom. The first-order chi connectivity index (χ1) is 11.0. The van der Waals surface area contributed by atoms with Crippen LogP contribution in [0.4, 0.5) is 4.39 Å². The van der Waals surface area contributed by atoms with Gasteiger partial charge >= 0.3 is 0 Å². The van der Waals surface area contributed by atoms with Crippen LogP contribution in [0.15, 0.2) is 22.7 Å². The fraction of sp³-hybridized carbons (Fsp3) is 0.412. The fourth-order valence-corrected chi connectivity index (χ4v) is 3.49. The lowest BCUT2D eigenvalue weighted by Gasteiger charge is -2.25. The van der Waals surface area contributed by atoms with Crippen molar-refractivity contribution in [3.8, 4) is 0 Å². The minimum Gasteiger partial charge on any atom is -0.361 e. The van der Waals surface area contributed by atoms with E-state index in [4.69, 9.17) is 16.1 Å². The van der Waals surface area contributed by atoms with Gasteiger partial charge in [0.15, 0.2) is 0 Å². The van der Waals surface area contributed by atoms with Crippen molar-refractivity contribution in [2.45, 2.75) is 39.2 Å². The second-order valence-electron chi connectivity index (χ2n) is 5.90. The van der Waals surface area contributed by atoms with Crippen molar-refractivity contribution < 1.29 is 13.7 Å². The molecule has 1 aliphatic heterocycles. The van der Waals surface area contributed by atoms with E-state index in [0.717, 1.165) is 29.9 Å². The molecule has 1 fully saturated rings. The maximum Gasteiger partial charge on any atom is 0.227 e. The third-order valence-corrected chi connectivity index (χ3v) is 4.70. The van der Waals surface area contributed by atoms with Crippen LogP contribution in [0, 0.1) is 19.7 Å². The van der Waals surface area contributed by atoms with Crippen molar-refractivity contribution in [3.05, 3.63) is 51.6 Å². The van der Waals surface area contributed by atoms with Gasteiger partial charge in [-0.05, 0) is 44.4 Å². The Labute approximate surface area is 139 Å². The van der Waals surface area contributed by atoms with Crippen LogP contribution in [0.1, 0.15) is 41.5 Å². The number of likely N-dealkylation sites (tertiary alicyclic amines) is 1. The maximum atomic E-state index is 13.1. The number of rotatable bonds is 3. The zero-order valence-corrected chi connectivity index (χ0v) is 13.9. The number of nitrogens with zero attached hydrogens (tertiary/aromatic N) is 2. The van der Waals surface area contributed by atoms with E-state index in [9.17, 15) is 9.18 Å². The highest BCUT2D eigenvalue weighted by atomic mass is 35.5. The number of aromatic nitrogens is 1. The normalized spacial score (nSPS) is 17.7. The molecule has 6 heteroatoms. The van der Waals surface area contributed by atoms with E-state index in [0.29, 0.717) is 12.1 Å². The molecule has 0 aliphatic carbocycles. The minimum atomic E-state index is -0.402. The summed E-state index contributed by atoms with van der Waals surface area (Å²) in [5.74, 6) is 0.342. The van der Waals surface area contributed by atoms with Crippen molar-refractivity contribution in [2.24, 2.45) is 0 Å². The van der Waals surface area contributed by atoms with Gasteiger partial charge in [0, 0.05) is 17.1 Å². The minimum absolute atomic E-state index is 0.00651. The van der Waals surface area contributed by atoms with Crippen molar-refractivity contribution in [1.82, 2.24) is 10.1 Å². The Morgan fingerprint density at radius 1 is 1.48 bits per heavy atom. The third-order valence-electron chi connectivity index (χ3n) is 4.35. The van der Waals surface area contributed by atoms with Crippen LogP contribution in [0.5, 0.6) is 0 Å². The molecule has 3 rings (SSSR count). The summed E-state index contributed by atoms with van der Waals surface area (Å²) in [6.07, 6.45) is 2.00. The molecule has 0 N–H and O–H groups in total. The molecule has 1 atom stereocenters. The number of carbonyl (C=O) groups is 1. The second kappa shape index (κ2) is 6.32. The average molecular weight is 337 g/mol. The van der Waals surface area contributed by atoms with Crippen molar-refractivity contribution in [2.75, 3.05) is 6.54 Å². The van der Waals surface area contributed by atoms with Crippen molar-refractivity contribution in [1.29, 1.82) is 0 Å². The Balaban J connectivity index is 1.81. The molecule has 23 heavy (non-hydrogen) atoms. The van der Waals surface area contributed by atoms with Gasteiger partial charge in [0.05, 0.1) is 18.2 Å². The quantitative estimate of drug-likeness (QED) is 0.851. The summed E-state index contributed by atoms with van der Waals surface area (Å²) in [6, 6.07) is 4.12. The molecule has 0 unspecified atom stereocenters. The lowest BCUT2D eigenvalue weighted by Crippen LogP contribution is -2.32. The van der Waals surface area contributed by atoms with E-state index < -0.39 is 5.82 Å². The summed E-state index contributed by atoms with van der Waals surface area (Å²) >= 11 is 6.03. The van der Waals surface area contributed by atoms with E-state index in [-0.39, 0.29) is 23.4 Å². The highest BCUT2D eigenvalue weighted by molar-refractivity contribution is 6.31. The van der Waals surface area contributed by atoms with Gasteiger partial charge in [-0.25, -0.2) is 4.39 Å². The summed E-state index contributed by atoms with van der Waals surface area (Å²) in [5, 5.41) is 4.27. The van der Waals surface area contributed by atoms with E-state index >= 15 is 0 Å². The van der Waals surface area contributed by atoms with E-state index in [1.54, 1.807) is 6.07 Å². The summed E-state index contributed by atoms with van der Waals surface area (Å²) in [4.78, 5) is 14.6. The van der Waals surface area contributed by atoms with E-state index in [1.807, 2.05) is 18.7 Å². The zero-order valence-electron chi connectivity index (χ0n) is 13.1. The average Bonchev–Trinajstić information content (AvgIpc) is 3.08. The molecule has 0 saturated carbocycles. The van der Waals surface area contributed by atoms with E-state index in [2.05, 4.69) is 5.16 Å². The number of aryl methyl sites for hydroxylation is 2. The Hall–Kier alpha value is -1.88. The van der Waals surface area contributed by atoms with Crippen LogP contribution in [-0.4, -0.2) is 22.5 Å². The maximum absolute atomic E-state index is 13.1. The van der Waals surface area contributed by atoms with Gasteiger partial charge in [0.25, 0.3) is 0 Å². The summed E-state index contributed by atoms with van der Waals surface area (Å²) in [6.45, 7) is 4.46. The first-order valence-electron chi connectivity index (χ1n) is 7.63. The van der Waals surface area contributed by atoms with Crippen LogP contribution < -0.4 is 0 Å². The first-order valence-corrected chi connectivity index (χ1v) is 8.01. The molecule has 0 radical (unpaired) electrons. The number of benzene rings is 1. The molecule has 0 spiro atoms. The predicted octanol–water partition coefficient (Wildman–Crippen LogP) is 3.99. The van der Waals surface area contributed by atoms with Crippen LogP contribution >= 0.6 is 11.6 Å². The van der Waals surface area contributed by atoms with Gasteiger partial charge < -0.3 is 9.42 Å². The topological polar surface area (TPSA) is 46.3 Å². The van der Waals surface area contributed by atoms with Gasteiger partial charge in [-0.1, -0.05) is 22.8 Å². The van der Waals surface area contributed by atoms with Crippen molar-refractivity contribution >= 4 is 17.5 Å². The van der Waals surface area contributed by atoms with Gasteiger partial charge in [0.2, 0.25) is 5.91 Å². The van der Waals surface area contributed by atoms with Crippen LogP contribution in [-0.2, 0) is 11.2 Å². The number of carbonyl (C=O) groups excluding carboxylic acids is 1. The summed E-state index contributed by atoms with van der Waals surface area (Å²) in [7, 11) is 0. The summed E-state index contributed by atoms with van der Waals surface area (Å²) < 4.78 is 18.4. The Bertz CT molecular complexity index is 725. The molecule has 2 heterocycles. The Morgan fingerprint density at radius 2 is 2.26 bits per heavy atom. The molecule has 1 saturated heterocycles. The molecule has 0 bridgehead atoms.